The molecule has 0 saturated carbocycles. The number of aromatic nitrogens is 4. The first-order chi connectivity index (χ1) is 8.09. The Morgan fingerprint density at radius 1 is 1.53 bits per heavy atom. The number of rotatable bonds is 4. The van der Waals surface area contributed by atoms with Crippen molar-refractivity contribution in [3.05, 3.63) is 11.5 Å². The summed E-state index contributed by atoms with van der Waals surface area (Å²) in [7, 11) is 0. The number of carbonyl (C=O) groups is 1. The van der Waals surface area contributed by atoms with Gasteiger partial charge in [-0.3, -0.25) is 0 Å². The van der Waals surface area contributed by atoms with Gasteiger partial charge in [-0.1, -0.05) is 11.8 Å². The van der Waals surface area contributed by atoms with Crippen LogP contribution < -0.4 is 0 Å². The number of esters is 1. The van der Waals surface area contributed by atoms with Crippen molar-refractivity contribution in [3.63, 3.8) is 0 Å². The molecule has 0 fully saturated rings. The Balaban J connectivity index is 1.93. The number of thioether (sulfide) groups is 1. The van der Waals surface area contributed by atoms with Crippen LogP contribution in [0.15, 0.2) is 16.7 Å². The molecule has 4 N–H and O–H groups in total. The van der Waals surface area contributed by atoms with Gasteiger partial charge in [0.25, 0.3) is 0 Å². The van der Waals surface area contributed by atoms with E-state index in [1.54, 1.807) is 0 Å². The van der Waals surface area contributed by atoms with Gasteiger partial charge in [-0.15, -0.1) is 10.2 Å². The summed E-state index contributed by atoms with van der Waals surface area (Å²) in [5, 5.41) is 41.1. The molecule has 0 amide bonds. The largest absolute Gasteiger partial charge is 0.505 e. The zero-order valence-electron chi connectivity index (χ0n) is 8.27. The minimum atomic E-state index is -1.26. The van der Waals surface area contributed by atoms with E-state index in [0.29, 0.717) is 5.16 Å². The van der Waals surface area contributed by atoms with Crippen LogP contribution in [0.1, 0.15) is 0 Å². The maximum Gasteiger partial charge on any atom is 0.377 e. The van der Waals surface area contributed by atoms with Gasteiger partial charge in [0.1, 0.15) is 6.10 Å². The molecular formula is C7H8N4O5S. The topological polar surface area (TPSA) is 141 Å². The van der Waals surface area contributed by atoms with Gasteiger partial charge >= 0.3 is 5.97 Å². The van der Waals surface area contributed by atoms with Gasteiger partial charge in [-0.2, -0.15) is 5.21 Å². The smallest absolute Gasteiger partial charge is 0.377 e. The van der Waals surface area contributed by atoms with E-state index in [1.165, 1.54) is 0 Å². The van der Waals surface area contributed by atoms with E-state index in [4.69, 9.17) is 5.11 Å². The van der Waals surface area contributed by atoms with Crippen molar-refractivity contribution in [2.45, 2.75) is 17.4 Å². The van der Waals surface area contributed by atoms with Gasteiger partial charge in [0.05, 0.1) is 0 Å². The van der Waals surface area contributed by atoms with Crippen LogP contribution in [0.3, 0.4) is 0 Å². The first-order valence-corrected chi connectivity index (χ1v) is 5.45. The van der Waals surface area contributed by atoms with E-state index in [9.17, 15) is 15.0 Å². The fraction of sp³-hybridized carbons (Fsp3) is 0.429. The van der Waals surface area contributed by atoms with Gasteiger partial charge in [-0.05, 0) is 5.21 Å². The van der Waals surface area contributed by atoms with E-state index < -0.39 is 29.7 Å². The Hall–Kier alpha value is -1.81. The van der Waals surface area contributed by atoms with Crippen molar-refractivity contribution < 1.29 is 24.9 Å². The summed E-state index contributed by atoms with van der Waals surface area (Å²) in [5.74, 6) is -2.54. The molecule has 1 aliphatic heterocycles. The van der Waals surface area contributed by atoms with Gasteiger partial charge in [-0.25, -0.2) is 4.79 Å². The molecule has 0 bridgehead atoms. The van der Waals surface area contributed by atoms with Gasteiger partial charge < -0.3 is 20.1 Å². The summed E-state index contributed by atoms with van der Waals surface area (Å²) in [6, 6.07) is 0. The lowest BCUT2D eigenvalue weighted by Crippen LogP contribution is -2.30. The first kappa shape index (κ1) is 11.7. The second-order valence-electron chi connectivity index (χ2n) is 3.13. The molecule has 0 saturated heterocycles. The fourth-order valence-corrected chi connectivity index (χ4v) is 1.89. The molecule has 1 aromatic heterocycles. The molecule has 9 nitrogen and oxygen atoms in total. The predicted molar refractivity (Wildman–Crippen MR) is 53.1 cm³/mol. The number of cyclic esters (lactones) is 1. The summed E-state index contributed by atoms with van der Waals surface area (Å²) < 4.78 is 4.58. The third kappa shape index (κ3) is 2.31. The van der Waals surface area contributed by atoms with E-state index in [1.807, 2.05) is 0 Å². The van der Waals surface area contributed by atoms with Crippen LogP contribution in [0.25, 0.3) is 0 Å². The fourth-order valence-electron chi connectivity index (χ4n) is 1.19. The van der Waals surface area contributed by atoms with Crippen molar-refractivity contribution in [3.8, 4) is 0 Å². The molecule has 17 heavy (non-hydrogen) atoms. The maximum absolute atomic E-state index is 10.9. The number of nitrogens with zero attached hydrogens (tertiary/aromatic N) is 3. The lowest BCUT2D eigenvalue weighted by molar-refractivity contribution is -0.146. The highest BCUT2D eigenvalue weighted by atomic mass is 32.2. The Bertz CT molecular complexity index is 447. The van der Waals surface area contributed by atoms with E-state index in [-0.39, 0.29) is 5.75 Å². The standard InChI is InChI=1S/C7H8N4O5S/c12-2(1-17-7-8-10-11-9-7)5-3(13)4(14)6(15)16-5/h2,5,12-14H,1H2,(H,8,9,10,11). The molecule has 2 unspecified atom stereocenters. The highest BCUT2D eigenvalue weighted by Gasteiger charge is 2.39. The zero-order chi connectivity index (χ0) is 12.4. The van der Waals surface area contributed by atoms with Crippen LogP contribution in [0.4, 0.5) is 0 Å². The SMILES string of the molecule is O=C1OC(C(O)CSc2nn[nH]n2)C(O)=C1O. The summed E-state index contributed by atoms with van der Waals surface area (Å²) in [6.45, 7) is 0. The van der Waals surface area contributed by atoms with Crippen LogP contribution in [0.2, 0.25) is 0 Å². The second-order valence-corrected chi connectivity index (χ2v) is 4.12. The molecule has 2 atom stereocenters. The number of hydrogen-bond acceptors (Lipinski definition) is 9. The average Bonchev–Trinajstić information content (AvgIpc) is 2.91. The predicted octanol–water partition coefficient (Wildman–Crippen LogP) is -1.09. The molecule has 2 heterocycles. The quantitative estimate of drug-likeness (QED) is 0.392. The lowest BCUT2D eigenvalue weighted by atomic mass is 10.2. The van der Waals surface area contributed by atoms with Crippen molar-refractivity contribution in [1.82, 2.24) is 20.6 Å². The van der Waals surface area contributed by atoms with Gasteiger partial charge in [0, 0.05) is 5.75 Å². The lowest BCUT2D eigenvalue weighted by Gasteiger charge is -2.15. The van der Waals surface area contributed by atoms with Gasteiger partial charge in [0.2, 0.25) is 10.9 Å². The number of hydrogen-bond donors (Lipinski definition) is 4. The molecule has 10 heteroatoms. The van der Waals surface area contributed by atoms with Crippen LogP contribution in [-0.2, 0) is 9.53 Å². The summed E-state index contributed by atoms with van der Waals surface area (Å²) in [5.41, 5.74) is 0. The summed E-state index contributed by atoms with van der Waals surface area (Å²) in [4.78, 5) is 10.9. The Kier molecular flexibility index (Phi) is 3.15. The van der Waals surface area contributed by atoms with Crippen LogP contribution in [0.5, 0.6) is 0 Å². The Labute approximate surface area is 98.5 Å². The minimum absolute atomic E-state index is 0.0643. The zero-order valence-corrected chi connectivity index (χ0v) is 9.09. The molecule has 0 aliphatic carbocycles. The molecule has 1 aliphatic rings. The van der Waals surface area contributed by atoms with E-state index >= 15 is 0 Å². The van der Waals surface area contributed by atoms with Gasteiger partial charge in [0.15, 0.2) is 11.9 Å². The molecule has 92 valence electrons. The van der Waals surface area contributed by atoms with Crippen molar-refractivity contribution in [1.29, 1.82) is 0 Å². The van der Waals surface area contributed by atoms with Crippen LogP contribution >= 0.6 is 11.8 Å². The highest BCUT2D eigenvalue weighted by Crippen LogP contribution is 2.24. The number of aliphatic hydroxyl groups excluding tert-OH is 3. The van der Waals surface area contributed by atoms with Crippen molar-refractivity contribution in [2.24, 2.45) is 0 Å². The number of carbonyl (C=O) groups excluding carboxylic acids is 1. The number of H-pyrrole nitrogens is 1. The molecule has 1 aromatic rings. The van der Waals surface area contributed by atoms with Crippen LogP contribution in [0, 0.1) is 0 Å². The molecule has 0 radical (unpaired) electrons. The third-order valence-electron chi connectivity index (χ3n) is 2.00. The number of aromatic amines is 1. The monoisotopic (exact) mass is 260 g/mol. The first-order valence-electron chi connectivity index (χ1n) is 4.47. The maximum atomic E-state index is 10.9. The molecule has 2 rings (SSSR count). The second kappa shape index (κ2) is 4.59. The number of nitrogens with one attached hydrogen (secondary N) is 1. The normalized spacial score (nSPS) is 21.7. The Morgan fingerprint density at radius 3 is 2.82 bits per heavy atom. The van der Waals surface area contributed by atoms with Crippen LogP contribution in [-0.4, -0.2) is 59.9 Å². The minimum Gasteiger partial charge on any atom is -0.505 e. The number of aliphatic hydroxyl groups is 3. The third-order valence-corrected chi connectivity index (χ3v) is 2.94. The average molecular weight is 260 g/mol. The van der Waals surface area contributed by atoms with E-state index in [0.717, 1.165) is 11.8 Å². The number of ether oxygens (including phenoxy) is 1. The van der Waals surface area contributed by atoms with Crippen molar-refractivity contribution >= 4 is 17.7 Å². The van der Waals surface area contributed by atoms with Crippen molar-refractivity contribution in [2.75, 3.05) is 5.75 Å². The number of tetrazole rings is 1. The molecule has 0 spiro atoms. The van der Waals surface area contributed by atoms with E-state index in [2.05, 4.69) is 25.4 Å². The Morgan fingerprint density at radius 2 is 2.29 bits per heavy atom. The highest BCUT2D eigenvalue weighted by molar-refractivity contribution is 7.99. The molecular weight excluding hydrogens is 252 g/mol. The summed E-state index contributed by atoms with van der Waals surface area (Å²) >= 11 is 1.05. The summed E-state index contributed by atoms with van der Waals surface area (Å²) in [6.07, 6.45) is -2.45. The molecule has 0 aromatic carbocycles.